The number of fused-ring (bicyclic) bond motifs is 4. The molecule has 340 valence electrons. The predicted octanol–water partition coefficient (Wildman–Crippen LogP) is 6.19. The number of aliphatic hydroxyl groups is 1. The molecule has 1 saturated carbocycles. The third kappa shape index (κ3) is 11.1. The second-order valence-corrected chi connectivity index (χ2v) is 18.2. The van der Waals surface area contributed by atoms with Crippen LogP contribution in [0, 0.1) is 5.41 Å². The molecule has 3 aliphatic heterocycles. The monoisotopic (exact) mass is 861 g/mol. The number of rotatable bonds is 22. The molecule has 7 atom stereocenters. The Balaban J connectivity index is 1.23. The summed E-state index contributed by atoms with van der Waals surface area (Å²) in [7, 11) is 0. The number of aromatic hydroxyl groups is 1. The highest BCUT2D eigenvalue weighted by molar-refractivity contribution is 5.94. The van der Waals surface area contributed by atoms with Gasteiger partial charge in [-0.15, -0.1) is 0 Å². The summed E-state index contributed by atoms with van der Waals surface area (Å²) in [6, 6.07) is 13.1. The number of hydrogen-bond acceptors (Lipinski definition) is 12. The normalized spacial score (nSPS) is 25.6. The molecule has 0 spiro atoms. The average Bonchev–Trinajstić information content (AvgIpc) is 3.78. The summed E-state index contributed by atoms with van der Waals surface area (Å²) in [5, 5.41) is 27.5. The van der Waals surface area contributed by atoms with Crippen LogP contribution in [-0.2, 0) is 55.9 Å². The molecule has 6 rings (SSSR count). The van der Waals surface area contributed by atoms with Gasteiger partial charge in [-0.3, -0.25) is 24.0 Å². The molecular formula is C48H67N3O11. The summed E-state index contributed by atoms with van der Waals surface area (Å²) in [4.78, 5) is 61.4. The van der Waals surface area contributed by atoms with Gasteiger partial charge in [0.2, 0.25) is 11.8 Å². The summed E-state index contributed by atoms with van der Waals surface area (Å²) >= 11 is 0. The quantitative estimate of drug-likeness (QED) is 0.0780. The van der Waals surface area contributed by atoms with Gasteiger partial charge in [0.15, 0.2) is 11.8 Å². The number of ether oxygens (including phenoxy) is 4. The van der Waals surface area contributed by atoms with E-state index in [2.05, 4.69) is 24.5 Å². The number of carbonyl (C=O) groups is 4. The maximum atomic E-state index is 14.9. The second kappa shape index (κ2) is 20.9. The third-order valence-corrected chi connectivity index (χ3v) is 12.3. The lowest BCUT2D eigenvalue weighted by Gasteiger charge is -2.48. The van der Waals surface area contributed by atoms with Crippen LogP contribution in [-0.4, -0.2) is 100 Å². The van der Waals surface area contributed by atoms with Gasteiger partial charge >= 0.3 is 11.9 Å². The number of amides is 2. The van der Waals surface area contributed by atoms with Crippen LogP contribution in [0.2, 0.25) is 0 Å². The van der Waals surface area contributed by atoms with E-state index in [0.29, 0.717) is 19.3 Å². The van der Waals surface area contributed by atoms with Crippen molar-refractivity contribution in [2.24, 2.45) is 5.41 Å². The molecule has 14 heteroatoms. The highest BCUT2D eigenvalue weighted by Gasteiger charge is 2.76. The van der Waals surface area contributed by atoms with E-state index in [1.54, 1.807) is 38.0 Å². The average molecular weight is 862 g/mol. The number of para-hydroxylation sites is 1. The molecule has 0 aromatic heterocycles. The van der Waals surface area contributed by atoms with Crippen molar-refractivity contribution in [1.29, 1.82) is 0 Å². The van der Waals surface area contributed by atoms with Crippen molar-refractivity contribution < 1.29 is 53.2 Å². The Morgan fingerprint density at radius 1 is 0.952 bits per heavy atom. The van der Waals surface area contributed by atoms with E-state index in [1.807, 2.05) is 48.6 Å². The van der Waals surface area contributed by atoms with E-state index in [1.165, 1.54) is 0 Å². The number of benzene rings is 2. The summed E-state index contributed by atoms with van der Waals surface area (Å²) in [5.41, 5.74) is 0.437. The van der Waals surface area contributed by atoms with Crippen molar-refractivity contribution in [3.63, 3.8) is 0 Å². The van der Waals surface area contributed by atoms with Crippen molar-refractivity contribution in [3.05, 3.63) is 71.3 Å². The summed E-state index contributed by atoms with van der Waals surface area (Å²) in [5.74, 6) is -2.57. The first-order chi connectivity index (χ1) is 29.7. The van der Waals surface area contributed by atoms with Crippen molar-refractivity contribution in [2.45, 2.75) is 173 Å². The number of esters is 2. The Morgan fingerprint density at radius 2 is 1.63 bits per heavy atom. The lowest BCUT2D eigenvalue weighted by Crippen LogP contribution is -2.69. The summed E-state index contributed by atoms with van der Waals surface area (Å²) in [6.07, 6.45) is 8.88. The highest BCUT2D eigenvalue weighted by Crippen LogP contribution is 2.58. The highest BCUT2D eigenvalue weighted by atomic mass is 16.8. The Bertz CT molecular complexity index is 1890. The zero-order chi connectivity index (χ0) is 44.5. The summed E-state index contributed by atoms with van der Waals surface area (Å²) < 4.78 is 25.5. The molecule has 4 N–H and O–H groups in total. The van der Waals surface area contributed by atoms with E-state index in [9.17, 15) is 29.4 Å². The topological polar surface area (TPSA) is 182 Å². The lowest BCUT2D eigenvalue weighted by molar-refractivity contribution is -0.224. The fraction of sp³-hybridized carbons (Fsp3) is 0.625. The third-order valence-electron chi connectivity index (χ3n) is 12.3. The Labute approximate surface area is 366 Å². The van der Waals surface area contributed by atoms with Crippen molar-refractivity contribution in [2.75, 3.05) is 13.2 Å². The van der Waals surface area contributed by atoms with Crippen LogP contribution in [0.3, 0.4) is 0 Å². The Hall–Kier alpha value is -4.34. The van der Waals surface area contributed by atoms with Crippen LogP contribution in [0.25, 0.3) is 6.08 Å². The van der Waals surface area contributed by atoms with E-state index < -0.39 is 77.1 Å². The molecular weight excluding hydrogens is 795 g/mol. The van der Waals surface area contributed by atoms with Gasteiger partial charge in [0.1, 0.15) is 41.2 Å². The maximum Gasteiger partial charge on any atom is 0.327 e. The molecule has 14 nitrogen and oxygen atoms in total. The minimum absolute atomic E-state index is 0.0179. The number of phenols is 1. The van der Waals surface area contributed by atoms with E-state index >= 15 is 0 Å². The minimum atomic E-state index is -1.43. The summed E-state index contributed by atoms with van der Waals surface area (Å²) in [6.45, 7) is 9.33. The van der Waals surface area contributed by atoms with Gasteiger partial charge in [0.05, 0.1) is 19.2 Å². The van der Waals surface area contributed by atoms with Gasteiger partial charge in [-0.2, -0.15) is 5.06 Å². The standard InChI is InChI=1S/C48H67N3O11/c1-6-8-14-26-47(27-15-9-7-2)60-40-37-29-48(45(57)49-28-25-38(54)50-35(31-52)23-24-39(55)59-46(3,4)5)42(44(56)58-37)51(62-43(48)41(40)61-47)30-34-19-11-10-17-32(34)20-16-21-33-18-12-13-22-36(33)53/h10-13,16-20,22,35,37,40-43,52-53H,6-9,14-15,21,23-31H2,1-5H3,(H,49,57)(H,50,54)/t35-,37+,40-,41-,42-,43+,48-/m0/s1. The van der Waals surface area contributed by atoms with Gasteiger partial charge in [0.25, 0.3) is 0 Å². The molecule has 2 bridgehead atoms. The number of allylic oxidation sites excluding steroid dienone is 1. The predicted molar refractivity (Wildman–Crippen MR) is 231 cm³/mol. The number of hydroxylamine groups is 2. The molecule has 4 aliphatic rings. The SMILES string of the molecule is CCCCCC1(CCCCC)O[C@@H]2[C@H](O1)[C@H]1ON(Cc3ccccc3C=CCc3ccccc3O)[C@H]3C(=O)O[C@@H]2C[C@@]13C(=O)NCCC(=O)N[C@H](CO)CCC(=O)OC(C)(C)C. The Morgan fingerprint density at radius 3 is 2.31 bits per heavy atom. The smallest absolute Gasteiger partial charge is 0.327 e. The lowest BCUT2D eigenvalue weighted by atomic mass is 9.62. The first-order valence-corrected chi connectivity index (χ1v) is 22.6. The second-order valence-electron chi connectivity index (χ2n) is 18.2. The molecule has 3 saturated heterocycles. The molecule has 2 aromatic rings. The molecule has 1 aliphatic carbocycles. The van der Waals surface area contributed by atoms with Crippen molar-refractivity contribution in [1.82, 2.24) is 15.7 Å². The van der Waals surface area contributed by atoms with Crippen LogP contribution in [0.1, 0.15) is 128 Å². The molecule has 4 fully saturated rings. The Kier molecular flexibility index (Phi) is 15.9. The fourth-order valence-corrected chi connectivity index (χ4v) is 9.35. The van der Waals surface area contributed by atoms with Crippen LogP contribution in [0.15, 0.2) is 54.6 Å². The number of nitrogens with one attached hydrogen (secondary N) is 2. The van der Waals surface area contributed by atoms with Crippen molar-refractivity contribution in [3.8, 4) is 5.75 Å². The molecule has 0 unspecified atom stereocenters. The first-order valence-electron chi connectivity index (χ1n) is 22.6. The van der Waals surface area contributed by atoms with E-state index in [-0.39, 0.29) is 51.1 Å². The van der Waals surface area contributed by atoms with Gasteiger partial charge in [0, 0.05) is 38.6 Å². The minimum Gasteiger partial charge on any atom is -0.508 e. The number of phenolic OH excluding ortho intramolecular Hbond substituents is 1. The number of hydrogen-bond donors (Lipinski definition) is 4. The van der Waals surface area contributed by atoms with Gasteiger partial charge in [-0.1, -0.05) is 94.1 Å². The van der Waals surface area contributed by atoms with Crippen LogP contribution in [0.4, 0.5) is 0 Å². The first kappa shape index (κ1) is 47.1. The number of aliphatic hydroxyl groups excluding tert-OH is 1. The number of unbranched alkanes of at least 4 members (excludes halogenated alkanes) is 4. The largest absolute Gasteiger partial charge is 0.508 e. The van der Waals surface area contributed by atoms with E-state index in [4.69, 9.17) is 23.8 Å². The van der Waals surface area contributed by atoms with Crippen molar-refractivity contribution >= 4 is 29.8 Å². The van der Waals surface area contributed by atoms with Gasteiger partial charge in [-0.05, 0) is 69.2 Å². The number of nitrogens with zero attached hydrogens (tertiary/aromatic N) is 1. The molecule has 2 amide bonds. The van der Waals surface area contributed by atoms with Crippen LogP contribution in [0.5, 0.6) is 5.75 Å². The molecule has 3 heterocycles. The van der Waals surface area contributed by atoms with Crippen LogP contribution < -0.4 is 10.6 Å². The molecule has 62 heavy (non-hydrogen) atoms. The van der Waals surface area contributed by atoms with Crippen LogP contribution >= 0.6 is 0 Å². The van der Waals surface area contributed by atoms with E-state index in [0.717, 1.165) is 55.2 Å². The zero-order valence-corrected chi connectivity index (χ0v) is 37.1. The fourth-order valence-electron chi connectivity index (χ4n) is 9.35. The van der Waals surface area contributed by atoms with Gasteiger partial charge in [-0.25, -0.2) is 0 Å². The maximum absolute atomic E-state index is 14.9. The molecule has 0 radical (unpaired) electrons. The molecule has 2 aromatic carbocycles. The van der Waals surface area contributed by atoms with Gasteiger partial charge < -0.3 is 39.8 Å². The number of carbonyl (C=O) groups excluding carboxylic acids is 4. The zero-order valence-electron chi connectivity index (χ0n) is 37.1.